The van der Waals surface area contributed by atoms with Gasteiger partial charge in [0.25, 0.3) is 0 Å². The minimum Gasteiger partial charge on any atom is -0.480 e. The molecular weight excluding hydrogens is 222 g/mol. The SMILES string of the molecule is CCOC1CC1C(=O)N[C@@H](CC(C)C)C(=O)O. The van der Waals surface area contributed by atoms with Crippen LogP contribution in [0.4, 0.5) is 0 Å². The normalized spacial score (nSPS) is 24.5. The van der Waals surface area contributed by atoms with Crippen LogP contribution in [0.2, 0.25) is 0 Å². The molecule has 0 saturated heterocycles. The summed E-state index contributed by atoms with van der Waals surface area (Å²) in [5.74, 6) is -1.10. The van der Waals surface area contributed by atoms with Crippen molar-refractivity contribution in [2.45, 2.75) is 45.8 Å². The van der Waals surface area contributed by atoms with Crippen LogP contribution in [0.15, 0.2) is 0 Å². The Labute approximate surface area is 102 Å². The van der Waals surface area contributed by atoms with E-state index in [0.29, 0.717) is 19.4 Å². The number of ether oxygens (including phenoxy) is 1. The number of rotatable bonds is 7. The van der Waals surface area contributed by atoms with Gasteiger partial charge < -0.3 is 15.2 Å². The van der Waals surface area contributed by atoms with Gasteiger partial charge in [-0.2, -0.15) is 0 Å². The Morgan fingerprint density at radius 3 is 2.59 bits per heavy atom. The minimum atomic E-state index is -0.972. The quantitative estimate of drug-likeness (QED) is 0.700. The fraction of sp³-hybridized carbons (Fsp3) is 0.833. The molecule has 98 valence electrons. The lowest BCUT2D eigenvalue weighted by Crippen LogP contribution is -2.42. The van der Waals surface area contributed by atoms with Gasteiger partial charge in [-0.3, -0.25) is 4.79 Å². The summed E-state index contributed by atoms with van der Waals surface area (Å²) >= 11 is 0. The zero-order chi connectivity index (χ0) is 13.0. The molecule has 0 aliphatic heterocycles. The first-order chi connectivity index (χ1) is 7.95. The van der Waals surface area contributed by atoms with Gasteiger partial charge >= 0.3 is 5.97 Å². The summed E-state index contributed by atoms with van der Waals surface area (Å²) in [4.78, 5) is 22.7. The summed E-state index contributed by atoms with van der Waals surface area (Å²) in [6, 6.07) is -0.787. The highest BCUT2D eigenvalue weighted by atomic mass is 16.5. The van der Waals surface area contributed by atoms with Crippen molar-refractivity contribution in [3.8, 4) is 0 Å². The molecule has 5 heteroatoms. The van der Waals surface area contributed by atoms with Crippen molar-refractivity contribution in [1.82, 2.24) is 5.32 Å². The van der Waals surface area contributed by atoms with Crippen LogP contribution in [0, 0.1) is 11.8 Å². The molecule has 2 N–H and O–H groups in total. The molecule has 0 bridgehead atoms. The van der Waals surface area contributed by atoms with Crippen LogP contribution < -0.4 is 5.32 Å². The Morgan fingerprint density at radius 1 is 1.47 bits per heavy atom. The van der Waals surface area contributed by atoms with Crippen molar-refractivity contribution in [2.24, 2.45) is 11.8 Å². The first-order valence-corrected chi connectivity index (χ1v) is 6.10. The molecule has 17 heavy (non-hydrogen) atoms. The smallest absolute Gasteiger partial charge is 0.326 e. The van der Waals surface area contributed by atoms with Crippen LogP contribution in [0.25, 0.3) is 0 Å². The monoisotopic (exact) mass is 243 g/mol. The molecule has 0 aromatic rings. The molecule has 1 rings (SSSR count). The maximum Gasteiger partial charge on any atom is 0.326 e. The number of hydrogen-bond donors (Lipinski definition) is 2. The maximum absolute atomic E-state index is 11.7. The third-order valence-corrected chi connectivity index (χ3v) is 2.77. The van der Waals surface area contributed by atoms with Gasteiger partial charge in [-0.05, 0) is 25.7 Å². The zero-order valence-electron chi connectivity index (χ0n) is 10.6. The number of hydrogen-bond acceptors (Lipinski definition) is 3. The van der Waals surface area contributed by atoms with E-state index in [1.54, 1.807) is 0 Å². The largest absolute Gasteiger partial charge is 0.480 e. The van der Waals surface area contributed by atoms with Gasteiger partial charge in [0, 0.05) is 6.61 Å². The second-order valence-corrected chi connectivity index (χ2v) is 4.86. The number of carboxylic acid groups (broad SMARTS) is 1. The summed E-state index contributed by atoms with van der Waals surface area (Å²) in [5.41, 5.74) is 0. The maximum atomic E-state index is 11.7. The highest BCUT2D eigenvalue weighted by Gasteiger charge is 2.44. The number of carbonyl (C=O) groups excluding carboxylic acids is 1. The van der Waals surface area contributed by atoms with E-state index in [2.05, 4.69) is 5.32 Å². The third kappa shape index (κ3) is 4.34. The van der Waals surface area contributed by atoms with Crippen LogP contribution in [-0.2, 0) is 14.3 Å². The van der Waals surface area contributed by atoms with E-state index < -0.39 is 12.0 Å². The first kappa shape index (κ1) is 14.0. The molecule has 1 fully saturated rings. The van der Waals surface area contributed by atoms with Gasteiger partial charge in [0.15, 0.2) is 0 Å². The Balaban J connectivity index is 2.40. The van der Waals surface area contributed by atoms with Crippen molar-refractivity contribution in [2.75, 3.05) is 6.61 Å². The lowest BCUT2D eigenvalue weighted by Gasteiger charge is -2.16. The van der Waals surface area contributed by atoms with Crippen LogP contribution in [-0.4, -0.2) is 35.7 Å². The first-order valence-electron chi connectivity index (χ1n) is 6.10. The molecular formula is C12H21NO4. The third-order valence-electron chi connectivity index (χ3n) is 2.77. The highest BCUT2D eigenvalue weighted by molar-refractivity contribution is 5.87. The Hall–Kier alpha value is -1.10. The van der Waals surface area contributed by atoms with Crippen molar-refractivity contribution in [3.05, 3.63) is 0 Å². The average Bonchev–Trinajstić information content (AvgIpc) is 2.96. The van der Waals surface area contributed by atoms with E-state index in [0.717, 1.165) is 0 Å². The molecule has 0 heterocycles. The number of amides is 1. The predicted octanol–water partition coefficient (Wildman–Crippen LogP) is 1.03. The van der Waals surface area contributed by atoms with Crippen LogP contribution >= 0.6 is 0 Å². The molecule has 1 aliphatic rings. The van der Waals surface area contributed by atoms with Crippen molar-refractivity contribution in [1.29, 1.82) is 0 Å². The Kier molecular flexibility index (Phi) is 4.93. The van der Waals surface area contributed by atoms with E-state index in [1.807, 2.05) is 20.8 Å². The molecule has 5 nitrogen and oxygen atoms in total. The molecule has 1 amide bonds. The summed E-state index contributed by atoms with van der Waals surface area (Å²) in [5, 5.41) is 11.6. The van der Waals surface area contributed by atoms with Gasteiger partial charge in [-0.15, -0.1) is 0 Å². The second-order valence-electron chi connectivity index (χ2n) is 4.86. The summed E-state index contributed by atoms with van der Waals surface area (Å²) in [6.45, 7) is 6.33. The average molecular weight is 243 g/mol. The van der Waals surface area contributed by atoms with Crippen molar-refractivity contribution >= 4 is 11.9 Å². The van der Waals surface area contributed by atoms with E-state index >= 15 is 0 Å². The number of carbonyl (C=O) groups is 2. The van der Waals surface area contributed by atoms with Gasteiger partial charge in [0.05, 0.1) is 12.0 Å². The van der Waals surface area contributed by atoms with Crippen LogP contribution in [0.1, 0.15) is 33.6 Å². The molecule has 1 saturated carbocycles. The number of carboxylic acids is 1. The fourth-order valence-corrected chi connectivity index (χ4v) is 1.82. The lowest BCUT2D eigenvalue weighted by atomic mass is 10.0. The summed E-state index contributed by atoms with van der Waals surface area (Å²) in [6.07, 6.45) is 1.13. The molecule has 0 aromatic carbocycles. The summed E-state index contributed by atoms with van der Waals surface area (Å²) < 4.78 is 5.30. The van der Waals surface area contributed by atoms with Crippen LogP contribution in [0.5, 0.6) is 0 Å². The molecule has 3 atom stereocenters. The van der Waals surface area contributed by atoms with Crippen molar-refractivity contribution in [3.63, 3.8) is 0 Å². The summed E-state index contributed by atoms with van der Waals surface area (Å²) in [7, 11) is 0. The van der Waals surface area contributed by atoms with E-state index in [9.17, 15) is 9.59 Å². The van der Waals surface area contributed by atoms with E-state index in [4.69, 9.17) is 9.84 Å². The van der Waals surface area contributed by atoms with Gasteiger partial charge in [-0.25, -0.2) is 4.79 Å². The van der Waals surface area contributed by atoms with E-state index in [-0.39, 0.29) is 23.8 Å². The number of nitrogens with one attached hydrogen (secondary N) is 1. The van der Waals surface area contributed by atoms with Gasteiger partial charge in [0.1, 0.15) is 6.04 Å². The predicted molar refractivity (Wildman–Crippen MR) is 62.5 cm³/mol. The minimum absolute atomic E-state index is 0.0199. The van der Waals surface area contributed by atoms with Gasteiger partial charge in [0.2, 0.25) is 5.91 Å². The molecule has 0 spiro atoms. The molecule has 0 radical (unpaired) electrons. The topological polar surface area (TPSA) is 75.6 Å². The standard InChI is InChI=1S/C12H21NO4/c1-4-17-10-6-8(10)11(14)13-9(12(15)16)5-7(2)3/h7-10H,4-6H2,1-3H3,(H,13,14)(H,15,16)/t8?,9-,10?/m0/s1. The van der Waals surface area contributed by atoms with Crippen molar-refractivity contribution < 1.29 is 19.4 Å². The van der Waals surface area contributed by atoms with Gasteiger partial charge in [-0.1, -0.05) is 13.8 Å². The Bertz CT molecular complexity index is 290. The lowest BCUT2D eigenvalue weighted by molar-refractivity contribution is -0.142. The zero-order valence-corrected chi connectivity index (χ0v) is 10.6. The molecule has 0 aromatic heterocycles. The Morgan fingerprint density at radius 2 is 2.12 bits per heavy atom. The second kappa shape index (κ2) is 6.00. The molecule has 1 aliphatic carbocycles. The molecule has 2 unspecified atom stereocenters. The van der Waals surface area contributed by atoms with Crippen LogP contribution in [0.3, 0.4) is 0 Å². The highest BCUT2D eigenvalue weighted by Crippen LogP contribution is 2.33. The van der Waals surface area contributed by atoms with E-state index in [1.165, 1.54) is 0 Å². The fourth-order valence-electron chi connectivity index (χ4n) is 1.82. The number of aliphatic carboxylic acids is 1.